The summed E-state index contributed by atoms with van der Waals surface area (Å²) >= 11 is 0. The smallest absolute Gasteiger partial charge is 0.323 e. The molecule has 2 aliphatic carbocycles. The van der Waals surface area contributed by atoms with Crippen LogP contribution in [0.2, 0.25) is 0 Å². The van der Waals surface area contributed by atoms with E-state index in [0.717, 1.165) is 30.7 Å². The molecule has 2 N–H and O–H groups in total. The number of rotatable bonds is 6. The van der Waals surface area contributed by atoms with E-state index >= 15 is 0 Å². The number of nitrogens with two attached hydrogens (primary N) is 1. The molecule has 0 amide bonds. The Bertz CT molecular complexity index is 495. The van der Waals surface area contributed by atoms with E-state index in [4.69, 9.17) is 10.5 Å². The zero-order valence-corrected chi connectivity index (χ0v) is 13.0. The van der Waals surface area contributed by atoms with Gasteiger partial charge in [-0.1, -0.05) is 13.3 Å². The molecular weight excluding hydrogens is 266 g/mol. The van der Waals surface area contributed by atoms with Gasteiger partial charge in [0, 0.05) is 13.6 Å². The van der Waals surface area contributed by atoms with Crippen LogP contribution >= 0.6 is 0 Å². The van der Waals surface area contributed by atoms with Crippen LogP contribution in [-0.2, 0) is 0 Å². The number of aromatic nitrogens is 3. The number of anilines is 2. The predicted molar refractivity (Wildman–Crippen MR) is 82.2 cm³/mol. The second-order valence-electron chi connectivity index (χ2n) is 6.44. The zero-order chi connectivity index (χ0) is 14.8. The molecule has 2 fully saturated rings. The van der Waals surface area contributed by atoms with Gasteiger partial charge in [-0.15, -0.1) is 0 Å². The van der Waals surface area contributed by atoms with Crippen LogP contribution in [0.4, 0.5) is 11.9 Å². The molecule has 6 nitrogen and oxygen atoms in total. The fourth-order valence-corrected chi connectivity index (χ4v) is 3.82. The minimum absolute atomic E-state index is 0.228. The van der Waals surface area contributed by atoms with Gasteiger partial charge in [0.15, 0.2) is 0 Å². The van der Waals surface area contributed by atoms with Gasteiger partial charge in [-0.2, -0.15) is 15.0 Å². The number of hydrogen-bond acceptors (Lipinski definition) is 6. The monoisotopic (exact) mass is 291 g/mol. The lowest BCUT2D eigenvalue weighted by molar-refractivity contribution is 0.291. The van der Waals surface area contributed by atoms with Gasteiger partial charge in [-0.05, 0) is 43.4 Å². The topological polar surface area (TPSA) is 77.2 Å². The molecule has 6 heteroatoms. The lowest BCUT2D eigenvalue weighted by Crippen LogP contribution is -2.30. The first kappa shape index (κ1) is 14.4. The summed E-state index contributed by atoms with van der Waals surface area (Å²) in [5.41, 5.74) is 5.77. The van der Waals surface area contributed by atoms with E-state index in [2.05, 4.69) is 19.9 Å². The third kappa shape index (κ3) is 3.19. The highest BCUT2D eigenvalue weighted by molar-refractivity contribution is 5.35. The predicted octanol–water partition coefficient (Wildman–Crippen LogP) is 2.12. The fourth-order valence-electron chi connectivity index (χ4n) is 3.82. The molecule has 3 unspecified atom stereocenters. The van der Waals surface area contributed by atoms with Crippen LogP contribution in [-0.4, -0.2) is 35.2 Å². The van der Waals surface area contributed by atoms with Crippen LogP contribution in [0, 0.1) is 17.8 Å². The minimum Gasteiger partial charge on any atom is -0.463 e. The van der Waals surface area contributed by atoms with E-state index in [9.17, 15) is 0 Å². The van der Waals surface area contributed by atoms with Crippen LogP contribution in [0.15, 0.2) is 0 Å². The van der Waals surface area contributed by atoms with Crippen molar-refractivity contribution in [1.29, 1.82) is 0 Å². The SMILES string of the molecule is CCCOc1nc(N)nc(N(C)CC2CC3CCC2C3)n1. The molecule has 21 heavy (non-hydrogen) atoms. The summed E-state index contributed by atoms with van der Waals surface area (Å²) in [4.78, 5) is 14.8. The molecule has 2 bridgehead atoms. The molecule has 1 heterocycles. The van der Waals surface area contributed by atoms with E-state index in [0.29, 0.717) is 18.6 Å². The molecule has 0 spiro atoms. The van der Waals surface area contributed by atoms with Crippen molar-refractivity contribution in [2.75, 3.05) is 30.8 Å². The summed E-state index contributed by atoms with van der Waals surface area (Å²) in [5, 5.41) is 0. The van der Waals surface area contributed by atoms with Crippen molar-refractivity contribution in [2.24, 2.45) is 17.8 Å². The van der Waals surface area contributed by atoms with Crippen LogP contribution in [0.1, 0.15) is 39.0 Å². The molecule has 0 radical (unpaired) electrons. The van der Waals surface area contributed by atoms with E-state index in [1.165, 1.54) is 25.7 Å². The third-order valence-corrected chi connectivity index (χ3v) is 4.79. The highest BCUT2D eigenvalue weighted by Gasteiger charge is 2.39. The second kappa shape index (κ2) is 6.03. The number of fused-ring (bicyclic) bond motifs is 2. The van der Waals surface area contributed by atoms with E-state index in [1.54, 1.807) is 0 Å². The second-order valence-corrected chi connectivity index (χ2v) is 6.44. The van der Waals surface area contributed by atoms with Crippen molar-refractivity contribution >= 4 is 11.9 Å². The van der Waals surface area contributed by atoms with Crippen LogP contribution in [0.25, 0.3) is 0 Å². The Morgan fingerprint density at radius 1 is 1.24 bits per heavy atom. The van der Waals surface area contributed by atoms with Crippen molar-refractivity contribution in [2.45, 2.75) is 39.0 Å². The Balaban J connectivity index is 1.66. The highest BCUT2D eigenvalue weighted by atomic mass is 16.5. The molecular formula is C15H25N5O. The van der Waals surface area contributed by atoms with Crippen LogP contribution in [0.5, 0.6) is 6.01 Å². The zero-order valence-electron chi connectivity index (χ0n) is 13.0. The molecule has 2 aliphatic rings. The maximum absolute atomic E-state index is 5.77. The first-order valence-electron chi connectivity index (χ1n) is 8.01. The summed E-state index contributed by atoms with van der Waals surface area (Å²) < 4.78 is 5.48. The molecule has 0 aliphatic heterocycles. The number of nitrogens with zero attached hydrogens (tertiary/aromatic N) is 4. The van der Waals surface area contributed by atoms with E-state index in [-0.39, 0.29) is 5.95 Å². The van der Waals surface area contributed by atoms with Gasteiger partial charge in [0.2, 0.25) is 11.9 Å². The molecule has 1 aromatic heterocycles. The maximum Gasteiger partial charge on any atom is 0.323 e. The Morgan fingerprint density at radius 2 is 2.10 bits per heavy atom. The van der Waals surface area contributed by atoms with Gasteiger partial charge < -0.3 is 15.4 Å². The number of ether oxygens (including phenoxy) is 1. The number of nitrogen functional groups attached to an aromatic ring is 1. The van der Waals surface area contributed by atoms with Gasteiger partial charge in [0.25, 0.3) is 0 Å². The van der Waals surface area contributed by atoms with Gasteiger partial charge >= 0.3 is 6.01 Å². The van der Waals surface area contributed by atoms with Crippen molar-refractivity contribution < 1.29 is 4.74 Å². The maximum atomic E-state index is 5.77. The largest absolute Gasteiger partial charge is 0.463 e. The summed E-state index contributed by atoms with van der Waals surface area (Å²) in [5.74, 6) is 3.47. The standard InChI is InChI=1S/C15H25N5O/c1-3-6-21-15-18-13(16)17-14(19-15)20(2)9-12-8-10-4-5-11(12)7-10/h10-12H,3-9H2,1-2H3,(H2,16,17,18,19). The quantitative estimate of drug-likeness (QED) is 0.865. The van der Waals surface area contributed by atoms with Gasteiger partial charge in [0.1, 0.15) is 0 Å². The molecule has 0 aromatic carbocycles. The Hall–Kier alpha value is -1.59. The first-order chi connectivity index (χ1) is 10.2. The average Bonchev–Trinajstić information content (AvgIpc) is 3.07. The Morgan fingerprint density at radius 3 is 2.76 bits per heavy atom. The summed E-state index contributed by atoms with van der Waals surface area (Å²) in [6, 6.07) is 0.333. The van der Waals surface area contributed by atoms with E-state index in [1.807, 2.05) is 14.0 Å². The van der Waals surface area contributed by atoms with Crippen molar-refractivity contribution in [3.63, 3.8) is 0 Å². The number of hydrogen-bond donors (Lipinski definition) is 1. The normalized spacial score (nSPS) is 27.0. The van der Waals surface area contributed by atoms with Crippen LogP contribution < -0.4 is 15.4 Å². The molecule has 0 saturated heterocycles. The van der Waals surface area contributed by atoms with Crippen LogP contribution in [0.3, 0.4) is 0 Å². The van der Waals surface area contributed by atoms with Gasteiger partial charge in [-0.25, -0.2) is 0 Å². The lowest BCUT2D eigenvalue weighted by Gasteiger charge is -2.27. The molecule has 116 valence electrons. The van der Waals surface area contributed by atoms with Crippen molar-refractivity contribution in [3.8, 4) is 6.01 Å². The lowest BCUT2D eigenvalue weighted by atomic mass is 9.88. The van der Waals surface area contributed by atoms with Gasteiger partial charge in [0.05, 0.1) is 6.61 Å². The highest BCUT2D eigenvalue weighted by Crippen LogP contribution is 2.48. The molecule has 1 aromatic rings. The van der Waals surface area contributed by atoms with Crippen molar-refractivity contribution in [3.05, 3.63) is 0 Å². The Kier molecular flexibility index (Phi) is 4.12. The Labute approximate surface area is 126 Å². The fraction of sp³-hybridized carbons (Fsp3) is 0.800. The average molecular weight is 291 g/mol. The molecule has 3 rings (SSSR count). The first-order valence-corrected chi connectivity index (χ1v) is 8.01. The van der Waals surface area contributed by atoms with E-state index < -0.39 is 0 Å². The van der Waals surface area contributed by atoms with Crippen molar-refractivity contribution in [1.82, 2.24) is 15.0 Å². The summed E-state index contributed by atoms with van der Waals surface area (Å²) in [6.45, 7) is 3.64. The molecule has 2 saturated carbocycles. The minimum atomic E-state index is 0.228. The van der Waals surface area contributed by atoms with Gasteiger partial charge in [-0.3, -0.25) is 0 Å². The summed E-state index contributed by atoms with van der Waals surface area (Å²) in [7, 11) is 2.03. The summed E-state index contributed by atoms with van der Waals surface area (Å²) in [6.07, 6.45) is 6.52. The molecule has 3 atom stereocenters. The third-order valence-electron chi connectivity index (χ3n) is 4.79.